The van der Waals surface area contributed by atoms with Gasteiger partial charge >= 0.3 is 11.6 Å². The van der Waals surface area contributed by atoms with Crippen molar-refractivity contribution in [3.05, 3.63) is 75.7 Å². The van der Waals surface area contributed by atoms with Crippen molar-refractivity contribution < 1.29 is 18.7 Å². The highest BCUT2D eigenvalue weighted by molar-refractivity contribution is 5.90. The molecule has 0 aliphatic heterocycles. The molecule has 0 fully saturated rings. The molecule has 2 aromatic carbocycles. The van der Waals surface area contributed by atoms with E-state index in [1.165, 1.54) is 6.08 Å². The molecule has 1 aliphatic carbocycles. The van der Waals surface area contributed by atoms with Crippen molar-refractivity contribution in [1.29, 1.82) is 0 Å². The first kappa shape index (κ1) is 17.1. The van der Waals surface area contributed by atoms with Crippen molar-refractivity contribution in [2.75, 3.05) is 7.11 Å². The van der Waals surface area contributed by atoms with Crippen LogP contribution in [0.2, 0.25) is 0 Å². The van der Waals surface area contributed by atoms with E-state index in [2.05, 4.69) is 0 Å². The van der Waals surface area contributed by atoms with Gasteiger partial charge in [0.25, 0.3) is 0 Å². The Bertz CT molecular complexity index is 1110. The summed E-state index contributed by atoms with van der Waals surface area (Å²) in [5.74, 6) is 0.477. The Labute approximate surface area is 155 Å². The minimum atomic E-state index is -0.524. The van der Waals surface area contributed by atoms with Gasteiger partial charge in [-0.15, -0.1) is 0 Å². The number of methoxy groups -OCH3 is 1. The average Bonchev–Trinajstić information content (AvgIpc) is 3.17. The van der Waals surface area contributed by atoms with Crippen molar-refractivity contribution >= 4 is 23.0 Å². The third kappa shape index (κ3) is 3.36. The topological polar surface area (TPSA) is 65.7 Å². The van der Waals surface area contributed by atoms with E-state index in [0.29, 0.717) is 17.1 Å². The number of rotatable bonds is 4. The Hall–Kier alpha value is -3.34. The van der Waals surface area contributed by atoms with E-state index in [4.69, 9.17) is 13.9 Å². The van der Waals surface area contributed by atoms with Gasteiger partial charge in [0.15, 0.2) is 0 Å². The molecule has 1 aliphatic rings. The van der Waals surface area contributed by atoms with Gasteiger partial charge < -0.3 is 13.9 Å². The molecule has 0 radical (unpaired) electrons. The molecular weight excluding hydrogens is 344 g/mol. The first-order chi connectivity index (χ1) is 13.2. The van der Waals surface area contributed by atoms with E-state index in [9.17, 15) is 9.59 Å². The van der Waals surface area contributed by atoms with Gasteiger partial charge in [-0.3, -0.25) is 0 Å². The highest BCUT2D eigenvalue weighted by Gasteiger charge is 2.19. The molecule has 0 spiro atoms. The molecule has 5 nitrogen and oxygen atoms in total. The van der Waals surface area contributed by atoms with Crippen LogP contribution in [0.5, 0.6) is 11.5 Å². The van der Waals surface area contributed by atoms with Crippen LogP contribution in [0, 0.1) is 0 Å². The number of benzene rings is 2. The Kier molecular flexibility index (Phi) is 4.50. The summed E-state index contributed by atoms with van der Waals surface area (Å²) in [6.45, 7) is 0. The van der Waals surface area contributed by atoms with E-state index >= 15 is 0 Å². The van der Waals surface area contributed by atoms with Crippen LogP contribution in [0.3, 0.4) is 0 Å². The number of esters is 1. The third-order valence-electron chi connectivity index (χ3n) is 4.70. The smallest absolute Gasteiger partial charge is 0.339 e. The molecule has 0 amide bonds. The third-order valence-corrected chi connectivity index (χ3v) is 4.70. The van der Waals surface area contributed by atoms with E-state index in [1.54, 1.807) is 25.3 Å². The van der Waals surface area contributed by atoms with Crippen LogP contribution in [0.25, 0.3) is 17.0 Å². The Morgan fingerprint density at radius 3 is 2.78 bits per heavy atom. The van der Waals surface area contributed by atoms with E-state index in [-0.39, 0.29) is 5.63 Å². The number of para-hydroxylation sites is 1. The van der Waals surface area contributed by atoms with Crippen LogP contribution < -0.4 is 15.1 Å². The summed E-state index contributed by atoms with van der Waals surface area (Å²) in [7, 11) is 1.57. The summed E-state index contributed by atoms with van der Waals surface area (Å²) < 4.78 is 16.0. The molecule has 1 heterocycles. The fourth-order valence-corrected chi connectivity index (χ4v) is 3.44. The zero-order chi connectivity index (χ0) is 18.8. The van der Waals surface area contributed by atoms with Gasteiger partial charge in [-0.05, 0) is 49.1 Å². The monoisotopic (exact) mass is 362 g/mol. The molecule has 0 atom stereocenters. The predicted octanol–water partition coefficient (Wildman–Crippen LogP) is 3.91. The highest BCUT2D eigenvalue weighted by atomic mass is 16.5. The first-order valence-electron chi connectivity index (χ1n) is 8.77. The van der Waals surface area contributed by atoms with Gasteiger partial charge in [0.1, 0.15) is 17.1 Å². The lowest BCUT2D eigenvalue weighted by molar-refractivity contribution is -0.128. The molecule has 27 heavy (non-hydrogen) atoms. The minimum Gasteiger partial charge on any atom is -0.496 e. The van der Waals surface area contributed by atoms with E-state index < -0.39 is 5.97 Å². The van der Waals surface area contributed by atoms with Crippen molar-refractivity contribution in [3.8, 4) is 11.5 Å². The lowest BCUT2D eigenvalue weighted by Gasteiger charge is -2.06. The molecule has 0 saturated heterocycles. The van der Waals surface area contributed by atoms with E-state index in [0.717, 1.165) is 41.3 Å². The average molecular weight is 362 g/mol. The lowest BCUT2D eigenvalue weighted by atomic mass is 10.1. The quantitative estimate of drug-likeness (QED) is 0.305. The van der Waals surface area contributed by atoms with Crippen LogP contribution in [0.1, 0.15) is 23.1 Å². The second-order valence-electron chi connectivity index (χ2n) is 6.35. The maximum absolute atomic E-state index is 12.1. The Morgan fingerprint density at radius 1 is 1.11 bits per heavy atom. The Balaban J connectivity index is 1.56. The van der Waals surface area contributed by atoms with Crippen molar-refractivity contribution in [2.45, 2.75) is 19.3 Å². The SMILES string of the molecule is COc1ccccc1/C=C/C(=O)Oc1ccc2c3c(c(=O)oc2c1)CCC3. The minimum absolute atomic E-state index is 0.297. The predicted molar refractivity (Wildman–Crippen MR) is 102 cm³/mol. The summed E-state index contributed by atoms with van der Waals surface area (Å²) in [5, 5.41) is 0.909. The molecular formula is C22H18O5. The fraction of sp³-hybridized carbons (Fsp3) is 0.182. The van der Waals surface area contributed by atoms with Gasteiger partial charge in [-0.25, -0.2) is 9.59 Å². The van der Waals surface area contributed by atoms with Gasteiger partial charge in [0, 0.05) is 28.7 Å². The summed E-state index contributed by atoms with van der Waals surface area (Å²) in [6.07, 6.45) is 5.57. The largest absolute Gasteiger partial charge is 0.496 e. The Morgan fingerprint density at radius 2 is 1.93 bits per heavy atom. The van der Waals surface area contributed by atoms with Crippen molar-refractivity contribution in [1.82, 2.24) is 0 Å². The van der Waals surface area contributed by atoms with Crippen LogP contribution in [-0.2, 0) is 17.6 Å². The van der Waals surface area contributed by atoms with Crippen molar-refractivity contribution in [2.24, 2.45) is 0 Å². The van der Waals surface area contributed by atoms with Gasteiger partial charge in [0.05, 0.1) is 7.11 Å². The first-order valence-corrected chi connectivity index (χ1v) is 8.77. The number of fused-ring (bicyclic) bond motifs is 3. The van der Waals surface area contributed by atoms with Gasteiger partial charge in [-0.2, -0.15) is 0 Å². The summed E-state index contributed by atoms with van der Waals surface area (Å²) in [4.78, 5) is 24.2. The normalized spacial score (nSPS) is 13.1. The second-order valence-corrected chi connectivity index (χ2v) is 6.35. The maximum Gasteiger partial charge on any atom is 0.339 e. The lowest BCUT2D eigenvalue weighted by Crippen LogP contribution is -2.07. The molecule has 0 N–H and O–H groups in total. The molecule has 5 heteroatoms. The zero-order valence-corrected chi connectivity index (χ0v) is 14.9. The molecule has 0 unspecified atom stereocenters. The van der Waals surface area contributed by atoms with Gasteiger partial charge in [-0.1, -0.05) is 18.2 Å². The molecule has 0 bridgehead atoms. The van der Waals surface area contributed by atoms with Crippen molar-refractivity contribution in [3.63, 3.8) is 0 Å². The zero-order valence-electron chi connectivity index (χ0n) is 14.9. The number of carbonyl (C=O) groups excluding carboxylic acids is 1. The van der Waals surface area contributed by atoms with E-state index in [1.807, 2.05) is 30.3 Å². The number of hydrogen-bond donors (Lipinski definition) is 0. The summed E-state index contributed by atoms with van der Waals surface area (Å²) in [6, 6.07) is 12.5. The van der Waals surface area contributed by atoms with Crippen LogP contribution in [0.4, 0.5) is 0 Å². The van der Waals surface area contributed by atoms with Gasteiger partial charge in [0.2, 0.25) is 0 Å². The molecule has 0 saturated carbocycles. The van der Waals surface area contributed by atoms with Crippen LogP contribution >= 0.6 is 0 Å². The molecule has 4 rings (SSSR count). The summed E-state index contributed by atoms with van der Waals surface area (Å²) in [5.41, 5.74) is 2.74. The standard InChI is InChI=1S/C22H18O5/c1-25-19-8-3-2-5-14(19)9-12-21(23)26-15-10-11-17-16-6-4-7-18(16)22(24)27-20(17)13-15/h2-3,5,8-13H,4,6-7H2,1H3/b12-9+. The number of ether oxygens (including phenoxy) is 2. The highest BCUT2D eigenvalue weighted by Crippen LogP contribution is 2.29. The summed E-state index contributed by atoms with van der Waals surface area (Å²) >= 11 is 0. The second kappa shape index (κ2) is 7.11. The molecule has 1 aromatic heterocycles. The maximum atomic E-state index is 12.1. The molecule has 3 aromatic rings. The molecule has 136 valence electrons. The number of aryl methyl sites for hydroxylation is 1. The number of hydrogen-bond acceptors (Lipinski definition) is 5. The van der Waals surface area contributed by atoms with Crippen LogP contribution in [0.15, 0.2) is 57.8 Å². The van der Waals surface area contributed by atoms with Crippen LogP contribution in [-0.4, -0.2) is 13.1 Å². The number of carbonyl (C=O) groups is 1. The fourth-order valence-electron chi connectivity index (χ4n) is 3.44.